The average Bonchev–Trinajstić information content (AvgIpc) is 3.59. The van der Waals surface area contributed by atoms with Gasteiger partial charge >= 0.3 is 0 Å². The summed E-state index contributed by atoms with van der Waals surface area (Å²) in [5, 5.41) is 16.3. The van der Waals surface area contributed by atoms with Crippen molar-refractivity contribution in [2.75, 3.05) is 27.3 Å². The van der Waals surface area contributed by atoms with Gasteiger partial charge in [-0.25, -0.2) is 8.78 Å². The van der Waals surface area contributed by atoms with Crippen LogP contribution in [0, 0.1) is 11.3 Å². The van der Waals surface area contributed by atoms with Crippen molar-refractivity contribution in [3.8, 4) is 17.2 Å². The van der Waals surface area contributed by atoms with Crippen molar-refractivity contribution < 1.29 is 27.5 Å². The Labute approximate surface area is 236 Å². The highest BCUT2D eigenvalue weighted by Gasteiger charge is 2.55. The summed E-state index contributed by atoms with van der Waals surface area (Å²) in [5.74, 6) is -4.04. The Bertz CT molecular complexity index is 1530. The maximum atomic E-state index is 14.1. The summed E-state index contributed by atoms with van der Waals surface area (Å²) in [6.07, 6.45) is -0.477. The largest absolute Gasteiger partial charge is 0.451 e. The number of hydrogen-bond donors (Lipinski definition) is 2. The lowest BCUT2D eigenvalue weighted by Crippen LogP contribution is -2.63. The van der Waals surface area contributed by atoms with Crippen LogP contribution in [0.4, 0.5) is 8.78 Å². The van der Waals surface area contributed by atoms with Crippen molar-refractivity contribution in [2.24, 2.45) is 0 Å². The third kappa shape index (κ3) is 4.67. The van der Waals surface area contributed by atoms with Gasteiger partial charge in [-0.1, -0.05) is 36.4 Å². The quantitative estimate of drug-likeness (QED) is 0.431. The summed E-state index contributed by atoms with van der Waals surface area (Å²) in [6.45, 7) is 1.24. The Hall–Kier alpha value is -3.81. The Morgan fingerprint density at radius 2 is 1.61 bits per heavy atom. The molecule has 1 saturated heterocycles. The molecular formula is C31H32F2N4O4. The van der Waals surface area contributed by atoms with Crippen LogP contribution in [0.15, 0.2) is 52.9 Å². The van der Waals surface area contributed by atoms with E-state index >= 15 is 0 Å². The van der Waals surface area contributed by atoms with Crippen molar-refractivity contribution in [1.82, 2.24) is 15.5 Å². The topological polar surface area (TPSA) is 108 Å². The summed E-state index contributed by atoms with van der Waals surface area (Å²) in [5.41, 5.74) is 0.873. The molecule has 3 fully saturated rings. The first-order chi connectivity index (χ1) is 19.5. The third-order valence-corrected chi connectivity index (χ3v) is 9.17. The van der Waals surface area contributed by atoms with Gasteiger partial charge in [-0.15, -0.1) is 0 Å². The molecule has 41 heavy (non-hydrogen) atoms. The molecule has 2 aromatic carbocycles. The van der Waals surface area contributed by atoms with Gasteiger partial charge in [-0.2, -0.15) is 5.26 Å². The fourth-order valence-corrected chi connectivity index (χ4v) is 5.89. The first-order valence-electron chi connectivity index (χ1n) is 13.9. The number of fused-ring (bicyclic) bond motifs is 1. The highest BCUT2D eigenvalue weighted by atomic mass is 19.3. The van der Waals surface area contributed by atoms with Crippen LogP contribution in [-0.4, -0.2) is 61.0 Å². The Morgan fingerprint density at radius 1 is 0.951 bits per heavy atom. The molecule has 2 heterocycles. The number of nitrogens with one attached hydrogen (secondary N) is 2. The number of furan rings is 1. The van der Waals surface area contributed by atoms with Crippen molar-refractivity contribution in [3.63, 3.8) is 0 Å². The molecular weight excluding hydrogens is 530 g/mol. The first kappa shape index (κ1) is 27.4. The van der Waals surface area contributed by atoms with E-state index in [2.05, 4.69) is 28.8 Å². The second kappa shape index (κ2) is 9.64. The summed E-state index contributed by atoms with van der Waals surface area (Å²) in [7, 11) is 3.37. The number of carbonyl (C=O) groups is 2. The van der Waals surface area contributed by atoms with Gasteiger partial charge in [0.25, 0.3) is 5.91 Å². The molecule has 2 aliphatic carbocycles. The molecule has 10 heteroatoms. The van der Waals surface area contributed by atoms with Gasteiger partial charge in [0.1, 0.15) is 16.7 Å². The van der Waals surface area contributed by atoms with E-state index in [4.69, 9.17) is 9.15 Å². The molecule has 1 aliphatic heterocycles. The second-order valence-corrected chi connectivity index (χ2v) is 11.7. The first-order valence-corrected chi connectivity index (χ1v) is 13.9. The van der Waals surface area contributed by atoms with E-state index in [-0.39, 0.29) is 24.1 Å². The van der Waals surface area contributed by atoms with Crippen LogP contribution in [-0.2, 0) is 15.1 Å². The minimum Gasteiger partial charge on any atom is -0.451 e. The Balaban J connectivity index is 1.26. The number of nitriles is 1. The summed E-state index contributed by atoms with van der Waals surface area (Å²) >= 11 is 0. The summed E-state index contributed by atoms with van der Waals surface area (Å²) in [6, 6.07) is 17.6. The Kier molecular flexibility index (Phi) is 6.43. The van der Waals surface area contributed by atoms with Gasteiger partial charge < -0.3 is 24.7 Å². The average molecular weight is 563 g/mol. The van der Waals surface area contributed by atoms with Gasteiger partial charge in [-0.05, 0) is 61.6 Å². The smallest absolute Gasteiger partial charge is 0.290 e. The SMILES string of the molecule is CNC1(c2ccc(-c3ccc4cc(C(=O)N(C)C5(C(=O)NC6(C#N)CC6)CCC(F)(F)CC5)oc4c3)cc2)COC1. The summed E-state index contributed by atoms with van der Waals surface area (Å²) in [4.78, 5) is 28.4. The van der Waals surface area contributed by atoms with Crippen LogP contribution < -0.4 is 10.6 Å². The van der Waals surface area contributed by atoms with E-state index < -0.39 is 41.7 Å². The fourth-order valence-electron chi connectivity index (χ4n) is 5.89. The van der Waals surface area contributed by atoms with E-state index in [0.717, 1.165) is 16.7 Å². The van der Waals surface area contributed by atoms with Crippen LogP contribution >= 0.6 is 0 Å². The lowest BCUT2D eigenvalue weighted by Gasteiger charge is -2.44. The third-order valence-electron chi connectivity index (χ3n) is 9.17. The molecule has 0 radical (unpaired) electrons. The molecule has 0 atom stereocenters. The lowest BCUT2D eigenvalue weighted by molar-refractivity contribution is -0.140. The van der Waals surface area contributed by atoms with Crippen molar-refractivity contribution in [3.05, 3.63) is 59.9 Å². The summed E-state index contributed by atoms with van der Waals surface area (Å²) < 4.78 is 39.7. The molecule has 0 spiro atoms. The number of alkyl halides is 2. The number of halogens is 2. The minimum absolute atomic E-state index is 0.0156. The molecule has 3 aliphatic rings. The number of nitrogens with zero attached hydrogens (tertiary/aromatic N) is 2. The lowest BCUT2D eigenvalue weighted by atomic mass is 9.77. The molecule has 1 aromatic heterocycles. The molecule has 0 bridgehead atoms. The van der Waals surface area contributed by atoms with E-state index in [1.165, 1.54) is 11.9 Å². The van der Waals surface area contributed by atoms with Gasteiger partial charge in [0.2, 0.25) is 11.8 Å². The molecule has 0 unspecified atom stereocenters. The second-order valence-electron chi connectivity index (χ2n) is 11.7. The number of hydrogen-bond acceptors (Lipinski definition) is 6. The van der Waals surface area contributed by atoms with Crippen LogP contribution in [0.1, 0.15) is 54.6 Å². The number of rotatable bonds is 7. The maximum Gasteiger partial charge on any atom is 0.290 e. The number of amides is 2. The predicted octanol–water partition coefficient (Wildman–Crippen LogP) is 4.74. The monoisotopic (exact) mass is 562 g/mol. The van der Waals surface area contributed by atoms with E-state index in [1.807, 2.05) is 37.4 Å². The van der Waals surface area contributed by atoms with E-state index in [1.54, 1.807) is 6.07 Å². The molecule has 3 aromatic rings. The number of likely N-dealkylation sites (N-methyl/N-ethyl adjacent to an activating group) is 2. The van der Waals surface area contributed by atoms with Crippen molar-refractivity contribution in [1.29, 1.82) is 5.26 Å². The number of benzene rings is 2. The van der Waals surface area contributed by atoms with Crippen molar-refractivity contribution >= 4 is 22.8 Å². The molecule has 2 amide bonds. The van der Waals surface area contributed by atoms with Crippen molar-refractivity contribution in [2.45, 2.75) is 61.1 Å². The van der Waals surface area contributed by atoms with Gasteiger partial charge in [-0.3, -0.25) is 9.59 Å². The van der Waals surface area contributed by atoms with Gasteiger partial charge in [0, 0.05) is 25.3 Å². The van der Waals surface area contributed by atoms with Crippen LogP contribution in [0.25, 0.3) is 22.1 Å². The fraction of sp³-hybridized carbons (Fsp3) is 0.452. The zero-order chi connectivity index (χ0) is 29.0. The highest BCUT2D eigenvalue weighted by molar-refractivity contribution is 6.00. The van der Waals surface area contributed by atoms with Crippen LogP contribution in [0.2, 0.25) is 0 Å². The van der Waals surface area contributed by atoms with E-state index in [0.29, 0.717) is 37.0 Å². The van der Waals surface area contributed by atoms with E-state index in [9.17, 15) is 23.6 Å². The molecule has 214 valence electrons. The highest BCUT2D eigenvalue weighted by Crippen LogP contribution is 2.44. The molecule has 2 N–H and O–H groups in total. The number of ether oxygens (including phenoxy) is 1. The minimum atomic E-state index is -2.91. The van der Waals surface area contributed by atoms with Crippen LogP contribution in [0.5, 0.6) is 0 Å². The predicted molar refractivity (Wildman–Crippen MR) is 147 cm³/mol. The molecule has 2 saturated carbocycles. The van der Waals surface area contributed by atoms with Gasteiger partial charge in [0.15, 0.2) is 5.76 Å². The standard InChI is InChI=1S/C31H32F2N4O4/c1-35-29(18-40-19-29)23-7-5-20(6-8-23)21-3-4-22-16-25(41-24(22)15-21)26(38)37(2)30(11-13-31(32,33)14-12-30)27(39)36-28(17-34)9-10-28/h3-8,15-16,35H,9-14,18-19H2,1-2H3,(H,36,39). The molecule has 6 rings (SSSR count). The Morgan fingerprint density at radius 3 is 2.17 bits per heavy atom. The number of carbonyl (C=O) groups excluding carboxylic acids is 2. The normalized spacial score (nSPS) is 21.3. The molecule has 8 nitrogen and oxygen atoms in total. The van der Waals surface area contributed by atoms with Gasteiger partial charge in [0.05, 0.1) is 24.8 Å². The zero-order valence-corrected chi connectivity index (χ0v) is 23.1. The zero-order valence-electron chi connectivity index (χ0n) is 23.1. The van der Waals surface area contributed by atoms with Crippen LogP contribution in [0.3, 0.4) is 0 Å². The maximum absolute atomic E-state index is 14.1.